The van der Waals surface area contributed by atoms with Crippen LogP contribution in [0.3, 0.4) is 0 Å². The van der Waals surface area contributed by atoms with Gasteiger partial charge < -0.3 is 10.1 Å². The van der Waals surface area contributed by atoms with Crippen molar-refractivity contribution in [3.8, 4) is 5.75 Å². The smallest absolute Gasteiger partial charge is 0.237 e. The normalized spacial score (nSPS) is 11.8. The Morgan fingerprint density at radius 3 is 2.41 bits per heavy atom. The number of ether oxygens (including phenoxy) is 1. The molecule has 0 aliphatic carbocycles. The minimum atomic E-state index is -1.76. The number of nitrogens with one attached hydrogen (secondary N) is 1. The molecule has 0 fully saturated rings. The van der Waals surface area contributed by atoms with Gasteiger partial charge in [-0.25, -0.2) is 8.78 Å². The molecule has 0 aliphatic heterocycles. The molecule has 0 saturated heterocycles. The van der Waals surface area contributed by atoms with E-state index in [-0.39, 0.29) is 10.6 Å². The third-order valence-corrected chi connectivity index (χ3v) is 4.09. The number of anilines is 1. The second-order valence-electron chi connectivity index (χ2n) is 4.34. The van der Waals surface area contributed by atoms with Gasteiger partial charge in [0, 0.05) is 10.6 Å². The van der Waals surface area contributed by atoms with Gasteiger partial charge in [0.2, 0.25) is 5.91 Å². The number of amides is 1. The number of rotatable bonds is 5. The summed E-state index contributed by atoms with van der Waals surface area (Å²) in [5.41, 5.74) is 0.521. The summed E-state index contributed by atoms with van der Waals surface area (Å²) < 4.78 is 42.8. The molecule has 0 radical (unpaired) electrons. The van der Waals surface area contributed by atoms with Crippen molar-refractivity contribution < 1.29 is 22.5 Å². The van der Waals surface area contributed by atoms with E-state index in [4.69, 9.17) is 4.74 Å². The summed E-state index contributed by atoms with van der Waals surface area (Å²) in [6.45, 7) is 0. The minimum Gasteiger partial charge on any atom is -0.497 e. The third kappa shape index (κ3) is 4.11. The van der Waals surface area contributed by atoms with E-state index in [9.17, 15) is 17.8 Å². The quantitative estimate of drug-likeness (QED) is 0.919. The van der Waals surface area contributed by atoms with Gasteiger partial charge in [-0.2, -0.15) is 0 Å². The van der Waals surface area contributed by atoms with Gasteiger partial charge in [0.25, 0.3) is 0 Å². The molecule has 0 bridgehead atoms. The van der Waals surface area contributed by atoms with Crippen LogP contribution in [0.25, 0.3) is 0 Å². The first kappa shape index (κ1) is 16.1. The molecule has 0 aliphatic rings. The fraction of sp³-hybridized carbons (Fsp3) is 0.133. The summed E-state index contributed by atoms with van der Waals surface area (Å²) in [6.07, 6.45) is 0. The van der Waals surface area contributed by atoms with Crippen LogP contribution >= 0.6 is 0 Å². The van der Waals surface area contributed by atoms with Crippen molar-refractivity contribution >= 4 is 22.4 Å². The molecule has 22 heavy (non-hydrogen) atoms. The standard InChI is InChI=1S/C15H13F2NO3S/c1-21-11-4-2-10(3-5-11)18-15(19)9-22(20)12-6-7-13(16)14(17)8-12/h2-8H,9H2,1H3,(H,18,19). The molecule has 1 atom stereocenters. The van der Waals surface area contributed by atoms with E-state index in [1.54, 1.807) is 24.3 Å². The molecular formula is C15H13F2NO3S. The molecule has 0 heterocycles. The number of halogens is 2. The lowest BCUT2D eigenvalue weighted by Gasteiger charge is -2.06. The van der Waals surface area contributed by atoms with Crippen LogP contribution in [0.2, 0.25) is 0 Å². The maximum Gasteiger partial charge on any atom is 0.237 e. The Morgan fingerprint density at radius 2 is 1.82 bits per heavy atom. The van der Waals surface area contributed by atoms with Crippen LogP contribution in [-0.4, -0.2) is 23.0 Å². The van der Waals surface area contributed by atoms with Crippen LogP contribution in [-0.2, 0) is 15.6 Å². The average molecular weight is 325 g/mol. The third-order valence-electron chi connectivity index (χ3n) is 2.79. The summed E-state index contributed by atoms with van der Waals surface area (Å²) >= 11 is 0. The molecule has 4 nitrogen and oxygen atoms in total. The van der Waals surface area contributed by atoms with Gasteiger partial charge in [0.15, 0.2) is 11.6 Å². The molecule has 0 aromatic heterocycles. The second kappa shape index (κ2) is 7.13. The predicted molar refractivity (Wildman–Crippen MR) is 79.3 cm³/mol. The zero-order chi connectivity index (χ0) is 16.1. The van der Waals surface area contributed by atoms with Gasteiger partial charge in [-0.15, -0.1) is 0 Å². The van der Waals surface area contributed by atoms with E-state index in [1.807, 2.05) is 0 Å². The summed E-state index contributed by atoms with van der Waals surface area (Å²) in [7, 11) is -0.229. The predicted octanol–water partition coefficient (Wildman–Crippen LogP) is 2.72. The van der Waals surface area contributed by atoms with Gasteiger partial charge in [-0.3, -0.25) is 9.00 Å². The summed E-state index contributed by atoms with van der Waals surface area (Å²) in [5, 5.41) is 2.56. The highest BCUT2D eigenvalue weighted by Gasteiger charge is 2.13. The SMILES string of the molecule is COc1ccc(NC(=O)CS(=O)c2ccc(F)c(F)c2)cc1. The van der Waals surface area contributed by atoms with Crippen molar-refractivity contribution in [1.29, 1.82) is 0 Å². The molecule has 116 valence electrons. The highest BCUT2D eigenvalue weighted by molar-refractivity contribution is 7.85. The Morgan fingerprint density at radius 1 is 1.14 bits per heavy atom. The van der Waals surface area contributed by atoms with E-state index in [0.717, 1.165) is 12.1 Å². The number of hydrogen-bond acceptors (Lipinski definition) is 3. The molecule has 2 aromatic carbocycles. The highest BCUT2D eigenvalue weighted by atomic mass is 32.2. The lowest BCUT2D eigenvalue weighted by molar-refractivity contribution is -0.113. The first-order valence-corrected chi connectivity index (χ1v) is 7.59. The molecule has 2 rings (SSSR count). The van der Waals surface area contributed by atoms with Crippen molar-refractivity contribution in [2.24, 2.45) is 0 Å². The van der Waals surface area contributed by atoms with Crippen LogP contribution in [0.1, 0.15) is 0 Å². The summed E-state index contributed by atoms with van der Waals surface area (Å²) in [4.78, 5) is 11.9. The monoisotopic (exact) mass is 325 g/mol. The second-order valence-corrected chi connectivity index (χ2v) is 5.79. The molecule has 1 N–H and O–H groups in total. The average Bonchev–Trinajstić information content (AvgIpc) is 2.50. The van der Waals surface area contributed by atoms with Crippen molar-refractivity contribution in [2.45, 2.75) is 4.90 Å². The molecular weight excluding hydrogens is 312 g/mol. The summed E-state index contributed by atoms with van der Waals surface area (Å²) in [5.74, 6) is -2.32. The number of methoxy groups -OCH3 is 1. The fourth-order valence-corrected chi connectivity index (χ4v) is 2.62. The Balaban J connectivity index is 1.98. The van der Waals surface area contributed by atoms with Crippen molar-refractivity contribution in [3.05, 3.63) is 54.1 Å². The lowest BCUT2D eigenvalue weighted by Crippen LogP contribution is -2.19. The van der Waals surface area contributed by atoms with Gasteiger partial charge in [0.05, 0.1) is 17.9 Å². The maximum absolute atomic E-state index is 13.1. The first-order chi connectivity index (χ1) is 10.5. The van der Waals surface area contributed by atoms with E-state index < -0.39 is 28.3 Å². The van der Waals surface area contributed by atoms with Crippen molar-refractivity contribution in [1.82, 2.24) is 0 Å². The molecule has 0 saturated carbocycles. The first-order valence-electron chi connectivity index (χ1n) is 6.27. The van der Waals surface area contributed by atoms with Crippen LogP contribution < -0.4 is 10.1 Å². The molecule has 0 spiro atoms. The zero-order valence-corrected chi connectivity index (χ0v) is 12.5. The topological polar surface area (TPSA) is 55.4 Å². The lowest BCUT2D eigenvalue weighted by atomic mass is 10.3. The molecule has 7 heteroatoms. The zero-order valence-electron chi connectivity index (χ0n) is 11.6. The number of carbonyl (C=O) groups is 1. The van der Waals surface area contributed by atoms with E-state index in [0.29, 0.717) is 11.4 Å². The van der Waals surface area contributed by atoms with Crippen LogP contribution in [0.15, 0.2) is 47.4 Å². The number of hydrogen-bond donors (Lipinski definition) is 1. The van der Waals surface area contributed by atoms with Crippen LogP contribution in [0, 0.1) is 11.6 Å². The van der Waals surface area contributed by atoms with Crippen molar-refractivity contribution in [3.63, 3.8) is 0 Å². The minimum absolute atomic E-state index is 0.0591. The van der Waals surface area contributed by atoms with Gasteiger partial charge in [0.1, 0.15) is 11.5 Å². The largest absolute Gasteiger partial charge is 0.497 e. The number of benzene rings is 2. The van der Waals surface area contributed by atoms with Gasteiger partial charge in [-0.1, -0.05) is 0 Å². The highest BCUT2D eigenvalue weighted by Crippen LogP contribution is 2.16. The Labute approximate surface area is 128 Å². The van der Waals surface area contributed by atoms with Crippen LogP contribution in [0.5, 0.6) is 5.75 Å². The Hall–Kier alpha value is -2.28. The molecule has 1 amide bonds. The number of carbonyl (C=O) groups excluding carboxylic acids is 1. The van der Waals surface area contributed by atoms with Gasteiger partial charge >= 0.3 is 0 Å². The van der Waals surface area contributed by atoms with Gasteiger partial charge in [-0.05, 0) is 42.5 Å². The summed E-state index contributed by atoms with van der Waals surface area (Å²) in [6, 6.07) is 9.50. The van der Waals surface area contributed by atoms with Crippen LogP contribution in [0.4, 0.5) is 14.5 Å². The molecule has 2 aromatic rings. The maximum atomic E-state index is 13.1. The Kier molecular flexibility index (Phi) is 5.21. The fourth-order valence-electron chi connectivity index (χ4n) is 1.69. The molecule has 1 unspecified atom stereocenters. The van der Waals surface area contributed by atoms with E-state index in [2.05, 4.69) is 5.32 Å². The Bertz CT molecular complexity index is 704. The van der Waals surface area contributed by atoms with E-state index >= 15 is 0 Å². The van der Waals surface area contributed by atoms with E-state index in [1.165, 1.54) is 13.2 Å². The van der Waals surface area contributed by atoms with Crippen molar-refractivity contribution in [2.75, 3.05) is 18.2 Å².